The van der Waals surface area contributed by atoms with Crippen LogP contribution in [0.5, 0.6) is 5.88 Å². The number of anilines is 3. The van der Waals surface area contributed by atoms with Crippen molar-refractivity contribution < 1.29 is 45.6 Å². The summed E-state index contributed by atoms with van der Waals surface area (Å²) in [7, 11) is -4.49. The Morgan fingerprint density at radius 1 is 1.02 bits per heavy atom. The Morgan fingerprint density at radius 2 is 1.68 bits per heavy atom. The summed E-state index contributed by atoms with van der Waals surface area (Å²) in [6.45, 7) is 15.3. The number of alkyl carbamates (subject to hydrolysis) is 1. The van der Waals surface area contributed by atoms with Gasteiger partial charge in [0.05, 0.1) is 12.1 Å². The molecular weight excluding hydrogens is 788 g/mol. The van der Waals surface area contributed by atoms with Crippen LogP contribution >= 0.6 is 0 Å². The van der Waals surface area contributed by atoms with E-state index in [-0.39, 0.29) is 37.1 Å². The molecule has 0 bridgehead atoms. The average molecular weight is 845 g/mol. The summed E-state index contributed by atoms with van der Waals surface area (Å²) in [5.74, 6) is -2.08. The summed E-state index contributed by atoms with van der Waals surface area (Å²) in [5, 5.41) is 8.62. The fourth-order valence-electron chi connectivity index (χ4n) is 7.45. The lowest BCUT2D eigenvalue weighted by atomic mass is 9.85. The van der Waals surface area contributed by atoms with Gasteiger partial charge in [0.1, 0.15) is 41.0 Å². The van der Waals surface area contributed by atoms with Gasteiger partial charge in [0.15, 0.2) is 0 Å². The van der Waals surface area contributed by atoms with Crippen molar-refractivity contribution in [2.45, 2.75) is 135 Å². The number of hydrogen-bond donors (Lipinski definition) is 4. The normalized spacial score (nSPS) is 24.2. The molecule has 0 spiro atoms. The molecule has 17 nitrogen and oxygen atoms in total. The summed E-state index contributed by atoms with van der Waals surface area (Å²) >= 11 is 0. The van der Waals surface area contributed by atoms with Crippen LogP contribution in [0.2, 0.25) is 0 Å². The number of rotatable bonds is 14. The van der Waals surface area contributed by atoms with Crippen LogP contribution in [-0.2, 0) is 33.6 Å². The van der Waals surface area contributed by atoms with Crippen molar-refractivity contribution >= 4 is 51.6 Å². The Hall–Kier alpha value is -4.78. The maximum Gasteiger partial charge on any atom is 0.408 e. The van der Waals surface area contributed by atoms with Crippen molar-refractivity contribution in [3.8, 4) is 5.88 Å². The molecule has 2 saturated heterocycles. The molecule has 4 amide bonds. The van der Waals surface area contributed by atoms with Gasteiger partial charge in [-0.15, -0.1) is 0 Å². The smallest absolute Gasteiger partial charge is 0.408 e. The highest BCUT2D eigenvalue weighted by Crippen LogP contribution is 2.47. The van der Waals surface area contributed by atoms with Gasteiger partial charge >= 0.3 is 16.4 Å². The Kier molecular flexibility index (Phi) is 12.1. The molecule has 3 heterocycles. The first-order valence-electron chi connectivity index (χ1n) is 20.2. The molecule has 6 rings (SSSR count). The minimum Gasteiger partial charge on any atom is -0.472 e. The number of halogens is 1. The summed E-state index contributed by atoms with van der Waals surface area (Å²) in [5.41, 5.74) is -3.63. The number of hydrogen-bond acceptors (Lipinski definition) is 13. The first kappa shape index (κ1) is 43.8. The molecule has 5 atom stereocenters. The molecule has 2 saturated carbocycles. The third-order valence-corrected chi connectivity index (χ3v) is 12.0. The van der Waals surface area contributed by atoms with Crippen LogP contribution in [0.15, 0.2) is 30.3 Å². The van der Waals surface area contributed by atoms with E-state index in [1.54, 1.807) is 66.7 Å². The van der Waals surface area contributed by atoms with Crippen LogP contribution in [0.25, 0.3) is 0 Å². The zero-order valence-electron chi connectivity index (χ0n) is 35.0. The maximum absolute atomic E-state index is 14.7. The molecule has 59 heavy (non-hydrogen) atoms. The van der Waals surface area contributed by atoms with E-state index in [9.17, 15) is 32.0 Å². The zero-order chi connectivity index (χ0) is 43.1. The van der Waals surface area contributed by atoms with E-state index in [2.05, 4.69) is 30.8 Å². The summed E-state index contributed by atoms with van der Waals surface area (Å²) in [4.78, 5) is 68.6. The quantitative estimate of drug-likeness (QED) is 0.207. The molecule has 4 N–H and O–H groups in total. The van der Waals surface area contributed by atoms with Crippen molar-refractivity contribution in [1.29, 1.82) is 0 Å². The van der Waals surface area contributed by atoms with E-state index in [0.717, 1.165) is 25.9 Å². The van der Waals surface area contributed by atoms with E-state index in [4.69, 9.17) is 13.7 Å². The number of carbonyl (C=O) groups is 4. The van der Waals surface area contributed by atoms with Gasteiger partial charge in [-0.05, 0) is 95.4 Å². The van der Waals surface area contributed by atoms with E-state index in [0.29, 0.717) is 30.8 Å². The molecule has 0 radical (unpaired) electrons. The third kappa shape index (κ3) is 10.9. The first-order valence-corrected chi connectivity index (χ1v) is 21.6. The van der Waals surface area contributed by atoms with Gasteiger partial charge in [0.25, 0.3) is 5.91 Å². The molecular formula is C40H57FN8O9S. The van der Waals surface area contributed by atoms with Gasteiger partial charge in [-0.2, -0.15) is 18.4 Å². The van der Waals surface area contributed by atoms with Crippen LogP contribution in [-0.4, -0.2) is 102 Å². The van der Waals surface area contributed by atoms with Crippen LogP contribution < -0.4 is 30.3 Å². The first-order chi connectivity index (χ1) is 27.5. The lowest BCUT2D eigenvalue weighted by molar-refractivity contribution is -0.143. The Morgan fingerprint density at radius 3 is 2.25 bits per heavy atom. The minimum absolute atomic E-state index is 0.0428. The molecule has 324 valence electrons. The fourth-order valence-corrected chi connectivity index (χ4v) is 8.60. The van der Waals surface area contributed by atoms with Crippen LogP contribution in [0, 0.1) is 17.2 Å². The lowest BCUT2D eigenvalue weighted by Crippen LogP contribution is -2.60. The minimum atomic E-state index is -4.49. The van der Waals surface area contributed by atoms with Gasteiger partial charge in [-0.25, -0.2) is 18.1 Å². The second-order valence-electron chi connectivity index (χ2n) is 18.3. The van der Waals surface area contributed by atoms with Gasteiger partial charge in [-0.3, -0.25) is 14.4 Å². The Balaban J connectivity index is 1.29. The van der Waals surface area contributed by atoms with Gasteiger partial charge < -0.3 is 35.2 Å². The molecule has 19 heteroatoms. The van der Waals surface area contributed by atoms with E-state index in [1.807, 2.05) is 11.6 Å². The second kappa shape index (κ2) is 16.3. The van der Waals surface area contributed by atoms with Gasteiger partial charge in [-0.1, -0.05) is 34.1 Å². The van der Waals surface area contributed by atoms with Crippen molar-refractivity contribution in [3.63, 3.8) is 0 Å². The van der Waals surface area contributed by atoms with Crippen LogP contribution in [0.4, 0.5) is 26.6 Å². The SMILES string of the molecule is CC[C@@H]1C[C@]1(NC(=O)[C@@H]1C[C@@H](Oc2cc(N3CCCC3)nc(Nc3ccc(F)cc3)n2)CN1C(=O)[C@@H](NC(=O)OC(C)(C)C)C(C)(C)C)C(=O)NS(=O)(=O)OC1(C)CC1. The van der Waals surface area contributed by atoms with E-state index < -0.39 is 80.3 Å². The number of ether oxygens (including phenoxy) is 2. The maximum atomic E-state index is 14.7. The molecule has 1 aromatic carbocycles. The fraction of sp³-hybridized carbons (Fsp3) is 0.650. The van der Waals surface area contributed by atoms with Gasteiger partial charge in [0.2, 0.25) is 23.6 Å². The highest BCUT2D eigenvalue weighted by molar-refractivity contribution is 7.85. The van der Waals surface area contributed by atoms with Crippen molar-refractivity contribution in [3.05, 3.63) is 36.1 Å². The lowest BCUT2D eigenvalue weighted by Gasteiger charge is -2.36. The standard InChI is InChI=1S/C40H57FN8O9S/c1-9-24-22-40(24,34(52)47-59(54,55)58-39(8)16-17-39)46-32(50)28-20-27(23-49(28)33(51)31(37(2,3)4)45-36(53)57-38(5,6)7)56-30-21-29(48-18-10-11-19-48)43-35(44-30)42-26-14-12-25(41)13-15-26/h12-15,21,24,27-28,31H,9-11,16-20,22-23H2,1-8H3,(H,45,53)(H,46,50)(H,47,52)(H,42,43,44)/t24-,27-,28+,31-,40-/m1/s1. The van der Waals surface area contributed by atoms with E-state index >= 15 is 0 Å². The predicted octanol–water partition coefficient (Wildman–Crippen LogP) is 4.46. The molecule has 4 aliphatic rings. The monoisotopic (exact) mass is 844 g/mol. The molecule has 0 unspecified atom stereocenters. The van der Waals surface area contributed by atoms with Crippen molar-refractivity contribution in [1.82, 2.24) is 30.2 Å². The molecule has 2 aliphatic heterocycles. The van der Waals surface area contributed by atoms with Crippen LogP contribution in [0.1, 0.15) is 100 Å². The molecule has 2 aliphatic carbocycles. The number of carbonyl (C=O) groups excluding carboxylic acids is 4. The highest BCUT2D eigenvalue weighted by Gasteiger charge is 2.62. The zero-order valence-corrected chi connectivity index (χ0v) is 35.8. The highest BCUT2D eigenvalue weighted by atomic mass is 32.2. The van der Waals surface area contributed by atoms with Gasteiger partial charge in [0, 0.05) is 31.3 Å². The number of likely N-dealkylation sites (tertiary alicyclic amines) is 1. The summed E-state index contributed by atoms with van der Waals surface area (Å²) in [6, 6.07) is 5.02. The summed E-state index contributed by atoms with van der Waals surface area (Å²) in [6.07, 6.45) is 1.95. The van der Waals surface area contributed by atoms with Crippen molar-refractivity contribution in [2.75, 3.05) is 29.9 Å². The topological polar surface area (TPSA) is 210 Å². The largest absolute Gasteiger partial charge is 0.472 e. The number of aromatic nitrogens is 2. The molecule has 4 fully saturated rings. The summed E-state index contributed by atoms with van der Waals surface area (Å²) < 4.78 is 58.5. The van der Waals surface area contributed by atoms with Crippen LogP contribution in [0.3, 0.4) is 0 Å². The number of amides is 4. The number of nitrogens with zero attached hydrogens (tertiary/aromatic N) is 4. The Labute approximate surface area is 345 Å². The Bertz CT molecular complexity index is 2030. The number of benzene rings is 1. The van der Waals surface area contributed by atoms with Crippen molar-refractivity contribution in [2.24, 2.45) is 11.3 Å². The van der Waals surface area contributed by atoms with E-state index in [1.165, 1.54) is 17.0 Å². The molecule has 1 aromatic heterocycles. The average Bonchev–Trinajstić information content (AvgIpc) is 3.84. The second-order valence-corrected chi connectivity index (χ2v) is 19.6. The predicted molar refractivity (Wildman–Crippen MR) is 215 cm³/mol. The third-order valence-electron chi connectivity index (χ3n) is 11.0. The molecule has 2 aromatic rings. The number of nitrogens with one attached hydrogen (secondary N) is 4.